The standard InChI is InChI=1S/C6H6OS/c1-2-7-6-3-4-8-5-6/h2-5H,1H2. The molecule has 1 aromatic rings. The van der Waals surface area contributed by atoms with E-state index in [0.29, 0.717) is 0 Å². The minimum atomic E-state index is 0.866. The highest BCUT2D eigenvalue weighted by Crippen LogP contribution is 2.14. The van der Waals surface area contributed by atoms with Gasteiger partial charge in [-0.1, -0.05) is 6.58 Å². The summed E-state index contributed by atoms with van der Waals surface area (Å²) in [5.74, 6) is 0.866. The Balaban J connectivity index is 2.62. The zero-order valence-corrected chi connectivity index (χ0v) is 5.15. The molecule has 0 unspecified atom stereocenters. The third kappa shape index (κ3) is 1.10. The third-order valence-corrected chi connectivity index (χ3v) is 1.38. The monoisotopic (exact) mass is 126 g/mol. The van der Waals surface area contributed by atoms with Crippen molar-refractivity contribution >= 4 is 11.3 Å². The Kier molecular flexibility index (Phi) is 1.70. The second-order valence-corrected chi connectivity index (χ2v) is 2.02. The Bertz CT molecular complexity index is 155. The molecule has 0 saturated heterocycles. The van der Waals surface area contributed by atoms with Gasteiger partial charge >= 0.3 is 0 Å². The summed E-state index contributed by atoms with van der Waals surface area (Å²) in [5, 5.41) is 3.88. The number of hydrogen-bond donors (Lipinski definition) is 0. The molecule has 0 spiro atoms. The van der Waals surface area contributed by atoms with E-state index in [1.165, 1.54) is 6.26 Å². The molecule has 42 valence electrons. The average Bonchev–Trinajstić information content (AvgIpc) is 2.19. The topological polar surface area (TPSA) is 9.23 Å². The van der Waals surface area contributed by atoms with Crippen LogP contribution in [0.1, 0.15) is 0 Å². The van der Waals surface area contributed by atoms with Gasteiger partial charge in [0.2, 0.25) is 0 Å². The molecule has 0 radical (unpaired) electrons. The van der Waals surface area contributed by atoms with E-state index in [4.69, 9.17) is 4.74 Å². The van der Waals surface area contributed by atoms with Crippen LogP contribution in [0.15, 0.2) is 29.7 Å². The van der Waals surface area contributed by atoms with Crippen LogP contribution in [0, 0.1) is 0 Å². The highest BCUT2D eigenvalue weighted by Gasteiger charge is 1.84. The van der Waals surface area contributed by atoms with Crippen molar-refractivity contribution in [3.63, 3.8) is 0 Å². The molecule has 1 nitrogen and oxygen atoms in total. The fourth-order valence-electron chi connectivity index (χ4n) is 0.415. The van der Waals surface area contributed by atoms with Gasteiger partial charge in [-0.05, 0) is 11.4 Å². The van der Waals surface area contributed by atoms with Crippen molar-refractivity contribution in [1.82, 2.24) is 0 Å². The zero-order valence-electron chi connectivity index (χ0n) is 4.33. The zero-order chi connectivity index (χ0) is 5.82. The Morgan fingerprint density at radius 1 is 1.75 bits per heavy atom. The second-order valence-electron chi connectivity index (χ2n) is 1.24. The highest BCUT2D eigenvalue weighted by molar-refractivity contribution is 7.08. The van der Waals surface area contributed by atoms with Crippen LogP contribution in [-0.4, -0.2) is 0 Å². The van der Waals surface area contributed by atoms with Gasteiger partial charge in [0.25, 0.3) is 0 Å². The van der Waals surface area contributed by atoms with Crippen molar-refractivity contribution in [3.8, 4) is 5.75 Å². The minimum Gasteiger partial charge on any atom is -0.465 e. The molecule has 2 heteroatoms. The number of hydrogen-bond acceptors (Lipinski definition) is 2. The molecule has 0 aliphatic heterocycles. The van der Waals surface area contributed by atoms with E-state index in [1.54, 1.807) is 11.3 Å². The van der Waals surface area contributed by atoms with Crippen molar-refractivity contribution in [3.05, 3.63) is 29.7 Å². The lowest BCUT2D eigenvalue weighted by molar-refractivity contribution is 0.486. The van der Waals surface area contributed by atoms with Gasteiger partial charge in [-0.3, -0.25) is 0 Å². The molecule has 0 fully saturated rings. The van der Waals surface area contributed by atoms with Gasteiger partial charge in [0.1, 0.15) is 5.75 Å². The van der Waals surface area contributed by atoms with Gasteiger partial charge in [0.05, 0.1) is 6.26 Å². The number of ether oxygens (including phenoxy) is 1. The van der Waals surface area contributed by atoms with Crippen LogP contribution in [0.2, 0.25) is 0 Å². The third-order valence-electron chi connectivity index (χ3n) is 0.714. The predicted octanol–water partition coefficient (Wildman–Crippen LogP) is 2.27. The molecular weight excluding hydrogens is 120 g/mol. The van der Waals surface area contributed by atoms with Gasteiger partial charge in [-0.15, -0.1) is 11.3 Å². The van der Waals surface area contributed by atoms with Crippen molar-refractivity contribution in [2.45, 2.75) is 0 Å². The first-order valence-electron chi connectivity index (χ1n) is 2.23. The molecular formula is C6H6OS. The maximum atomic E-state index is 4.92. The van der Waals surface area contributed by atoms with Crippen molar-refractivity contribution in [1.29, 1.82) is 0 Å². The van der Waals surface area contributed by atoms with E-state index >= 15 is 0 Å². The maximum Gasteiger partial charge on any atom is 0.137 e. The smallest absolute Gasteiger partial charge is 0.137 e. The van der Waals surface area contributed by atoms with E-state index in [0.717, 1.165) is 5.75 Å². The summed E-state index contributed by atoms with van der Waals surface area (Å²) in [5.41, 5.74) is 0. The van der Waals surface area contributed by atoms with Gasteiger partial charge in [0, 0.05) is 5.38 Å². The molecule has 0 aromatic carbocycles. The van der Waals surface area contributed by atoms with Gasteiger partial charge in [-0.25, -0.2) is 0 Å². The summed E-state index contributed by atoms with van der Waals surface area (Å²) in [6, 6.07) is 1.90. The molecule has 0 N–H and O–H groups in total. The van der Waals surface area contributed by atoms with Crippen molar-refractivity contribution in [2.75, 3.05) is 0 Å². The van der Waals surface area contributed by atoms with Gasteiger partial charge < -0.3 is 4.74 Å². The van der Waals surface area contributed by atoms with Crippen LogP contribution < -0.4 is 4.74 Å². The normalized spacial score (nSPS) is 8.50. The Hall–Kier alpha value is -0.760. The summed E-state index contributed by atoms with van der Waals surface area (Å²) < 4.78 is 4.92. The lowest BCUT2D eigenvalue weighted by atomic mass is 10.6. The molecule has 1 rings (SSSR count). The molecule has 1 aromatic heterocycles. The number of thiophene rings is 1. The highest BCUT2D eigenvalue weighted by atomic mass is 32.1. The summed E-state index contributed by atoms with van der Waals surface area (Å²) in [7, 11) is 0. The lowest BCUT2D eigenvalue weighted by Crippen LogP contribution is -1.72. The lowest BCUT2D eigenvalue weighted by Gasteiger charge is -1.88. The van der Waals surface area contributed by atoms with Gasteiger partial charge in [0.15, 0.2) is 0 Å². The van der Waals surface area contributed by atoms with Crippen LogP contribution in [0.3, 0.4) is 0 Å². The number of rotatable bonds is 2. The van der Waals surface area contributed by atoms with Crippen LogP contribution in [0.4, 0.5) is 0 Å². The van der Waals surface area contributed by atoms with E-state index in [1.807, 2.05) is 16.8 Å². The summed E-state index contributed by atoms with van der Waals surface area (Å²) >= 11 is 1.61. The summed E-state index contributed by atoms with van der Waals surface area (Å²) in [6.07, 6.45) is 1.42. The van der Waals surface area contributed by atoms with E-state index in [2.05, 4.69) is 6.58 Å². The van der Waals surface area contributed by atoms with Crippen LogP contribution in [-0.2, 0) is 0 Å². The molecule has 0 saturated carbocycles. The van der Waals surface area contributed by atoms with Crippen molar-refractivity contribution in [2.24, 2.45) is 0 Å². The van der Waals surface area contributed by atoms with E-state index in [-0.39, 0.29) is 0 Å². The molecule has 1 heterocycles. The first-order chi connectivity index (χ1) is 3.93. The second kappa shape index (κ2) is 2.52. The molecule has 0 amide bonds. The first-order valence-corrected chi connectivity index (χ1v) is 3.17. The molecule has 0 atom stereocenters. The molecule has 8 heavy (non-hydrogen) atoms. The minimum absolute atomic E-state index is 0.866. The van der Waals surface area contributed by atoms with Crippen LogP contribution in [0.25, 0.3) is 0 Å². The molecule has 0 aliphatic carbocycles. The predicted molar refractivity (Wildman–Crippen MR) is 35.1 cm³/mol. The summed E-state index contributed by atoms with van der Waals surface area (Å²) in [6.45, 7) is 3.42. The maximum absolute atomic E-state index is 4.92. The Morgan fingerprint density at radius 2 is 2.62 bits per heavy atom. The average molecular weight is 126 g/mol. The fourth-order valence-corrected chi connectivity index (χ4v) is 0.975. The van der Waals surface area contributed by atoms with Crippen LogP contribution in [0.5, 0.6) is 5.75 Å². The van der Waals surface area contributed by atoms with Crippen molar-refractivity contribution < 1.29 is 4.74 Å². The van der Waals surface area contributed by atoms with E-state index in [9.17, 15) is 0 Å². The summed E-state index contributed by atoms with van der Waals surface area (Å²) in [4.78, 5) is 0. The van der Waals surface area contributed by atoms with Gasteiger partial charge in [-0.2, -0.15) is 0 Å². The largest absolute Gasteiger partial charge is 0.465 e. The quantitative estimate of drug-likeness (QED) is 0.552. The SMILES string of the molecule is C=COc1ccsc1. The molecule has 0 aliphatic rings. The van der Waals surface area contributed by atoms with Crippen LogP contribution >= 0.6 is 11.3 Å². The first kappa shape index (κ1) is 5.38. The Morgan fingerprint density at radius 3 is 3.12 bits per heavy atom. The molecule has 0 bridgehead atoms. The Labute approximate surface area is 52.2 Å². The van der Waals surface area contributed by atoms with E-state index < -0.39 is 0 Å². The fraction of sp³-hybridized carbons (Fsp3) is 0.